The number of hydrogen-bond acceptors (Lipinski definition) is 3. The lowest BCUT2D eigenvalue weighted by atomic mass is 10.0. The fourth-order valence-corrected chi connectivity index (χ4v) is 1.70. The summed E-state index contributed by atoms with van der Waals surface area (Å²) in [6.45, 7) is 2.29. The monoisotopic (exact) mass is 303 g/mol. The average molecular weight is 304 g/mol. The van der Waals surface area contributed by atoms with E-state index < -0.39 is 0 Å². The Labute approximate surface area is 124 Å². The van der Waals surface area contributed by atoms with Crippen LogP contribution >= 0.6 is 23.2 Å². The second kappa shape index (κ2) is 8.31. The Kier molecular flexibility index (Phi) is 7.06. The van der Waals surface area contributed by atoms with Crippen LogP contribution in [0, 0.1) is 0 Å². The summed E-state index contributed by atoms with van der Waals surface area (Å²) in [6, 6.07) is 5.93. The molecular weight excluding hydrogens is 285 g/mol. The lowest BCUT2D eigenvalue weighted by Crippen LogP contribution is -2.21. The van der Waals surface area contributed by atoms with Crippen molar-refractivity contribution in [3.8, 4) is 11.5 Å². The van der Waals surface area contributed by atoms with E-state index in [0.717, 1.165) is 18.4 Å². The minimum atomic E-state index is 0.158. The first kappa shape index (κ1) is 16.2. The third-order valence-electron chi connectivity index (χ3n) is 2.73. The molecule has 1 unspecified atom stereocenters. The number of hydrogen-bond donors (Lipinski definition) is 1. The van der Waals surface area contributed by atoms with Crippen molar-refractivity contribution >= 4 is 23.2 Å². The van der Waals surface area contributed by atoms with E-state index >= 15 is 0 Å². The van der Waals surface area contributed by atoms with Crippen molar-refractivity contribution in [3.05, 3.63) is 34.3 Å². The highest BCUT2D eigenvalue weighted by molar-refractivity contribution is 6.36. The minimum Gasteiger partial charge on any atom is -0.493 e. The van der Waals surface area contributed by atoms with E-state index in [2.05, 4.69) is 6.92 Å². The van der Waals surface area contributed by atoms with E-state index in [1.54, 1.807) is 7.11 Å². The first-order valence-corrected chi connectivity index (χ1v) is 6.92. The molecule has 1 aromatic carbocycles. The van der Waals surface area contributed by atoms with Gasteiger partial charge in [0.2, 0.25) is 0 Å². The van der Waals surface area contributed by atoms with Crippen LogP contribution in [0.2, 0.25) is 0 Å². The Morgan fingerprint density at radius 1 is 1.42 bits per heavy atom. The van der Waals surface area contributed by atoms with Gasteiger partial charge in [-0.2, -0.15) is 0 Å². The highest BCUT2D eigenvalue weighted by Crippen LogP contribution is 2.29. The lowest BCUT2D eigenvalue weighted by molar-refractivity contribution is 0.323. The molecule has 1 aromatic rings. The number of ether oxygens (including phenoxy) is 2. The van der Waals surface area contributed by atoms with Crippen molar-refractivity contribution in [1.29, 1.82) is 0 Å². The lowest BCUT2D eigenvalue weighted by Gasteiger charge is -2.13. The molecule has 3 nitrogen and oxygen atoms in total. The quantitative estimate of drug-likeness (QED) is 0.836. The molecule has 5 heteroatoms. The van der Waals surface area contributed by atoms with Gasteiger partial charge in [0.25, 0.3) is 0 Å². The molecule has 106 valence electrons. The fourth-order valence-electron chi connectivity index (χ4n) is 1.58. The number of nitrogens with two attached hydrogens (primary N) is 1. The standard InChI is InChI=1S/C14H19Cl2NO2/c1-3-12(17)6-10-4-5-13(14(7-10)18-2)19-9-11(16)8-15/h4-5,7-8,12H,3,6,9,17H2,1-2H3. The molecule has 0 aliphatic rings. The van der Waals surface area contributed by atoms with Gasteiger partial charge in [-0.05, 0) is 30.5 Å². The van der Waals surface area contributed by atoms with E-state index in [4.69, 9.17) is 38.4 Å². The van der Waals surface area contributed by atoms with Gasteiger partial charge in [-0.3, -0.25) is 0 Å². The Morgan fingerprint density at radius 3 is 2.74 bits per heavy atom. The van der Waals surface area contributed by atoms with Crippen molar-refractivity contribution in [2.24, 2.45) is 5.73 Å². The van der Waals surface area contributed by atoms with Gasteiger partial charge in [0.05, 0.1) is 12.1 Å². The molecule has 2 N–H and O–H groups in total. The Bertz CT molecular complexity index is 435. The van der Waals surface area contributed by atoms with Gasteiger partial charge in [-0.25, -0.2) is 0 Å². The molecule has 0 aliphatic carbocycles. The van der Waals surface area contributed by atoms with Gasteiger partial charge in [0.1, 0.15) is 6.61 Å². The van der Waals surface area contributed by atoms with E-state index in [1.165, 1.54) is 5.54 Å². The Balaban J connectivity index is 2.78. The maximum absolute atomic E-state index is 5.94. The third kappa shape index (κ3) is 5.31. The zero-order chi connectivity index (χ0) is 14.3. The summed E-state index contributed by atoms with van der Waals surface area (Å²) in [6.07, 6.45) is 1.76. The van der Waals surface area contributed by atoms with E-state index in [9.17, 15) is 0 Å². The van der Waals surface area contributed by atoms with Crippen LogP contribution in [0.5, 0.6) is 11.5 Å². The molecule has 0 bridgehead atoms. The molecule has 0 aromatic heterocycles. The molecule has 0 heterocycles. The molecule has 0 fully saturated rings. The van der Waals surface area contributed by atoms with Gasteiger partial charge < -0.3 is 15.2 Å². The van der Waals surface area contributed by atoms with E-state index in [-0.39, 0.29) is 12.6 Å². The van der Waals surface area contributed by atoms with Gasteiger partial charge in [0, 0.05) is 11.6 Å². The Morgan fingerprint density at radius 2 is 2.16 bits per heavy atom. The Hall–Kier alpha value is -0.900. The predicted octanol–water partition coefficient (Wildman–Crippen LogP) is 3.67. The third-order valence-corrected chi connectivity index (χ3v) is 3.33. The molecular formula is C14H19Cl2NO2. The van der Waals surface area contributed by atoms with Gasteiger partial charge in [0.15, 0.2) is 11.5 Å². The van der Waals surface area contributed by atoms with Crippen LogP contribution in [-0.2, 0) is 6.42 Å². The molecule has 1 rings (SSSR count). The molecule has 0 saturated heterocycles. The smallest absolute Gasteiger partial charge is 0.161 e. The van der Waals surface area contributed by atoms with Crippen LogP contribution in [0.15, 0.2) is 28.8 Å². The molecule has 0 radical (unpaired) electrons. The van der Waals surface area contributed by atoms with Crippen LogP contribution in [0.4, 0.5) is 0 Å². The summed E-state index contributed by atoms with van der Waals surface area (Å²) in [5, 5.41) is 0.431. The van der Waals surface area contributed by atoms with Crippen LogP contribution in [0.1, 0.15) is 18.9 Å². The maximum atomic E-state index is 5.94. The van der Waals surface area contributed by atoms with E-state index in [0.29, 0.717) is 16.5 Å². The van der Waals surface area contributed by atoms with Crippen molar-refractivity contribution < 1.29 is 9.47 Å². The first-order valence-electron chi connectivity index (χ1n) is 6.10. The molecule has 19 heavy (non-hydrogen) atoms. The summed E-state index contributed by atoms with van der Waals surface area (Å²) >= 11 is 11.2. The second-order valence-corrected chi connectivity index (χ2v) is 4.91. The number of benzene rings is 1. The number of rotatable bonds is 7. The maximum Gasteiger partial charge on any atom is 0.161 e. The van der Waals surface area contributed by atoms with Crippen molar-refractivity contribution in [2.45, 2.75) is 25.8 Å². The summed E-state index contributed by atoms with van der Waals surface area (Å²) in [7, 11) is 1.60. The van der Waals surface area contributed by atoms with Gasteiger partial charge in [-0.1, -0.05) is 36.2 Å². The highest BCUT2D eigenvalue weighted by Gasteiger charge is 2.08. The molecule has 0 amide bonds. The fraction of sp³-hybridized carbons (Fsp3) is 0.429. The summed E-state index contributed by atoms with van der Waals surface area (Å²) in [4.78, 5) is 0. The number of methoxy groups -OCH3 is 1. The van der Waals surface area contributed by atoms with Crippen molar-refractivity contribution in [1.82, 2.24) is 0 Å². The molecule has 0 aliphatic heterocycles. The van der Waals surface area contributed by atoms with Crippen molar-refractivity contribution in [3.63, 3.8) is 0 Å². The van der Waals surface area contributed by atoms with Crippen LogP contribution < -0.4 is 15.2 Å². The predicted molar refractivity (Wildman–Crippen MR) is 80.2 cm³/mol. The van der Waals surface area contributed by atoms with Crippen molar-refractivity contribution in [2.75, 3.05) is 13.7 Å². The topological polar surface area (TPSA) is 44.5 Å². The SMILES string of the molecule is CCC(N)Cc1ccc(OCC(Cl)=CCl)c(OC)c1. The number of halogens is 2. The summed E-state index contributed by atoms with van der Waals surface area (Å²) in [5.74, 6) is 1.30. The van der Waals surface area contributed by atoms with Gasteiger partial charge >= 0.3 is 0 Å². The first-order chi connectivity index (χ1) is 9.10. The summed E-state index contributed by atoms with van der Waals surface area (Å²) in [5.41, 5.74) is 8.34. The van der Waals surface area contributed by atoms with Crippen LogP contribution in [0.3, 0.4) is 0 Å². The normalized spacial score (nSPS) is 13.2. The average Bonchev–Trinajstić information content (AvgIpc) is 2.44. The van der Waals surface area contributed by atoms with Crippen LogP contribution in [-0.4, -0.2) is 19.8 Å². The van der Waals surface area contributed by atoms with Gasteiger partial charge in [-0.15, -0.1) is 0 Å². The zero-order valence-electron chi connectivity index (χ0n) is 11.2. The minimum absolute atomic E-state index is 0.158. The molecule has 0 saturated carbocycles. The van der Waals surface area contributed by atoms with E-state index in [1.807, 2.05) is 18.2 Å². The summed E-state index contributed by atoms with van der Waals surface area (Å²) < 4.78 is 10.8. The van der Waals surface area contributed by atoms with Crippen LogP contribution in [0.25, 0.3) is 0 Å². The molecule has 0 spiro atoms. The molecule has 1 atom stereocenters. The zero-order valence-corrected chi connectivity index (χ0v) is 12.7. The highest BCUT2D eigenvalue weighted by atomic mass is 35.5. The largest absolute Gasteiger partial charge is 0.493 e. The second-order valence-electron chi connectivity index (χ2n) is 4.20.